The standard InChI is InChI=1S/C25H28N4O4/c1-32-23-8-7-21(14-22(23)28-24(30)17-29-9-11-33-12-10-29)26-16-20-13-19(15-27-25(20)31)18-5-3-2-4-6-18/h2-8,13-15,26H,9-12,16-17H2,1H3,(H,27,31)(H,28,30). The van der Waals surface area contributed by atoms with Gasteiger partial charge >= 0.3 is 0 Å². The molecular formula is C25H28N4O4. The molecule has 1 saturated heterocycles. The maximum Gasteiger partial charge on any atom is 0.252 e. The third-order valence-electron chi connectivity index (χ3n) is 5.51. The van der Waals surface area contributed by atoms with E-state index in [4.69, 9.17) is 9.47 Å². The molecule has 0 spiro atoms. The van der Waals surface area contributed by atoms with Crippen LogP contribution in [0.25, 0.3) is 11.1 Å². The number of rotatable bonds is 8. The average molecular weight is 449 g/mol. The fourth-order valence-corrected chi connectivity index (χ4v) is 3.72. The molecule has 4 rings (SSSR count). The molecule has 1 amide bonds. The van der Waals surface area contributed by atoms with E-state index < -0.39 is 0 Å². The monoisotopic (exact) mass is 448 g/mol. The van der Waals surface area contributed by atoms with Crippen LogP contribution < -0.4 is 20.9 Å². The van der Waals surface area contributed by atoms with Gasteiger partial charge in [0, 0.05) is 37.1 Å². The quantitative estimate of drug-likeness (QED) is 0.491. The normalized spacial score (nSPS) is 14.0. The van der Waals surface area contributed by atoms with Crippen molar-refractivity contribution >= 4 is 17.3 Å². The number of H-pyrrole nitrogens is 1. The van der Waals surface area contributed by atoms with E-state index in [0.717, 1.165) is 29.9 Å². The Morgan fingerprint density at radius 3 is 2.64 bits per heavy atom. The van der Waals surface area contributed by atoms with Gasteiger partial charge in [0.25, 0.3) is 5.56 Å². The Hall–Kier alpha value is -3.62. The number of anilines is 2. The number of hydrogen-bond donors (Lipinski definition) is 3. The van der Waals surface area contributed by atoms with Gasteiger partial charge in [0.1, 0.15) is 5.75 Å². The Morgan fingerprint density at radius 2 is 1.88 bits per heavy atom. The van der Waals surface area contributed by atoms with E-state index in [9.17, 15) is 9.59 Å². The van der Waals surface area contributed by atoms with Gasteiger partial charge in [0.2, 0.25) is 5.91 Å². The van der Waals surface area contributed by atoms with Crippen LogP contribution in [0.3, 0.4) is 0 Å². The molecule has 8 heteroatoms. The molecule has 1 aliphatic heterocycles. The summed E-state index contributed by atoms with van der Waals surface area (Å²) < 4.78 is 10.7. The number of carbonyl (C=O) groups is 1. The first kappa shape index (κ1) is 22.6. The van der Waals surface area contributed by atoms with Gasteiger partial charge in [-0.25, -0.2) is 0 Å². The lowest BCUT2D eigenvalue weighted by Crippen LogP contribution is -2.41. The largest absolute Gasteiger partial charge is 0.495 e. The first-order valence-electron chi connectivity index (χ1n) is 10.9. The van der Waals surface area contributed by atoms with Crippen molar-refractivity contribution in [2.45, 2.75) is 6.54 Å². The van der Waals surface area contributed by atoms with E-state index in [1.54, 1.807) is 19.4 Å². The average Bonchev–Trinajstić information content (AvgIpc) is 2.85. The Labute approximate surface area is 192 Å². The van der Waals surface area contributed by atoms with E-state index >= 15 is 0 Å². The van der Waals surface area contributed by atoms with Crippen LogP contribution in [0.2, 0.25) is 0 Å². The number of benzene rings is 2. The van der Waals surface area contributed by atoms with Crippen LogP contribution in [0, 0.1) is 0 Å². The van der Waals surface area contributed by atoms with Crippen LogP contribution in [0.15, 0.2) is 65.6 Å². The molecule has 0 unspecified atom stereocenters. The van der Waals surface area contributed by atoms with Gasteiger partial charge < -0.3 is 25.1 Å². The van der Waals surface area contributed by atoms with E-state index in [2.05, 4.69) is 20.5 Å². The molecule has 0 atom stereocenters. The van der Waals surface area contributed by atoms with Crippen LogP contribution in [0.1, 0.15) is 5.56 Å². The lowest BCUT2D eigenvalue weighted by Gasteiger charge is -2.26. The van der Waals surface area contributed by atoms with Crippen LogP contribution in [0.5, 0.6) is 5.75 Å². The fraction of sp³-hybridized carbons (Fsp3) is 0.280. The molecule has 172 valence electrons. The first-order valence-corrected chi connectivity index (χ1v) is 10.9. The molecular weight excluding hydrogens is 420 g/mol. The van der Waals surface area contributed by atoms with Crippen LogP contribution in [-0.4, -0.2) is 55.7 Å². The van der Waals surface area contributed by atoms with Crippen molar-refractivity contribution in [3.05, 3.63) is 76.7 Å². The van der Waals surface area contributed by atoms with Gasteiger partial charge in [-0.2, -0.15) is 0 Å². The Bertz CT molecular complexity index is 1140. The number of pyridine rings is 1. The number of nitrogens with zero attached hydrogens (tertiary/aromatic N) is 1. The van der Waals surface area contributed by atoms with Gasteiger partial charge in [0.15, 0.2) is 0 Å². The molecule has 0 radical (unpaired) electrons. The number of aromatic amines is 1. The zero-order valence-electron chi connectivity index (χ0n) is 18.6. The molecule has 0 saturated carbocycles. The summed E-state index contributed by atoms with van der Waals surface area (Å²) in [6.07, 6.45) is 1.72. The second-order valence-electron chi connectivity index (χ2n) is 7.81. The number of ether oxygens (including phenoxy) is 2. The highest BCUT2D eigenvalue weighted by molar-refractivity contribution is 5.94. The van der Waals surface area contributed by atoms with Gasteiger partial charge in [-0.05, 0) is 35.4 Å². The topological polar surface area (TPSA) is 95.7 Å². The highest BCUT2D eigenvalue weighted by atomic mass is 16.5. The van der Waals surface area contributed by atoms with Crippen molar-refractivity contribution < 1.29 is 14.3 Å². The molecule has 0 aliphatic carbocycles. The predicted octanol–water partition coefficient (Wildman–Crippen LogP) is 2.93. The number of nitrogens with one attached hydrogen (secondary N) is 3. The number of morpholine rings is 1. The van der Waals surface area contributed by atoms with Gasteiger partial charge in [-0.15, -0.1) is 0 Å². The SMILES string of the molecule is COc1ccc(NCc2cc(-c3ccccc3)c[nH]c2=O)cc1NC(=O)CN1CCOCC1. The van der Waals surface area contributed by atoms with Gasteiger partial charge in [-0.3, -0.25) is 14.5 Å². The summed E-state index contributed by atoms with van der Waals surface area (Å²) in [5, 5.41) is 6.21. The second-order valence-corrected chi connectivity index (χ2v) is 7.81. The second kappa shape index (κ2) is 10.8. The molecule has 0 bridgehead atoms. The molecule has 1 aromatic heterocycles. The highest BCUT2D eigenvalue weighted by Gasteiger charge is 2.16. The Kier molecular flexibility index (Phi) is 7.39. The molecule has 1 fully saturated rings. The number of hydrogen-bond acceptors (Lipinski definition) is 6. The third-order valence-corrected chi connectivity index (χ3v) is 5.51. The van der Waals surface area contributed by atoms with Crippen LogP contribution in [-0.2, 0) is 16.1 Å². The summed E-state index contributed by atoms with van der Waals surface area (Å²) in [6, 6.07) is 17.2. The Balaban J connectivity index is 1.44. The van der Waals surface area contributed by atoms with Crippen molar-refractivity contribution in [3.8, 4) is 16.9 Å². The molecule has 8 nitrogen and oxygen atoms in total. The van der Waals surface area contributed by atoms with E-state index in [1.165, 1.54) is 0 Å². The first-order chi connectivity index (χ1) is 16.1. The van der Waals surface area contributed by atoms with Crippen molar-refractivity contribution in [1.29, 1.82) is 0 Å². The van der Waals surface area contributed by atoms with E-state index in [1.807, 2.05) is 48.5 Å². The summed E-state index contributed by atoms with van der Waals surface area (Å²) >= 11 is 0. The zero-order valence-corrected chi connectivity index (χ0v) is 18.6. The van der Waals surface area contributed by atoms with Crippen molar-refractivity contribution in [1.82, 2.24) is 9.88 Å². The summed E-state index contributed by atoms with van der Waals surface area (Å²) in [5.41, 5.74) is 3.79. The van der Waals surface area contributed by atoms with Gasteiger partial charge in [-0.1, -0.05) is 30.3 Å². The lowest BCUT2D eigenvalue weighted by molar-refractivity contribution is -0.118. The Morgan fingerprint density at radius 1 is 1.09 bits per heavy atom. The summed E-state index contributed by atoms with van der Waals surface area (Å²) in [7, 11) is 1.56. The van der Waals surface area contributed by atoms with Crippen molar-refractivity contribution in [2.75, 3.05) is 50.6 Å². The minimum absolute atomic E-state index is 0.112. The molecule has 33 heavy (non-hydrogen) atoms. The van der Waals surface area contributed by atoms with Gasteiger partial charge in [0.05, 0.1) is 32.6 Å². The van der Waals surface area contributed by atoms with Crippen LogP contribution in [0.4, 0.5) is 11.4 Å². The zero-order chi connectivity index (χ0) is 23.0. The number of aromatic nitrogens is 1. The molecule has 3 aromatic rings. The molecule has 1 aliphatic rings. The maximum atomic E-state index is 12.5. The summed E-state index contributed by atoms with van der Waals surface area (Å²) in [6.45, 7) is 3.39. The molecule has 3 N–H and O–H groups in total. The maximum absolute atomic E-state index is 12.5. The summed E-state index contributed by atoms with van der Waals surface area (Å²) in [5.74, 6) is 0.458. The smallest absolute Gasteiger partial charge is 0.252 e. The van der Waals surface area contributed by atoms with E-state index in [0.29, 0.717) is 43.3 Å². The highest BCUT2D eigenvalue weighted by Crippen LogP contribution is 2.28. The number of carbonyl (C=O) groups excluding carboxylic acids is 1. The van der Waals surface area contributed by atoms with Crippen molar-refractivity contribution in [2.24, 2.45) is 0 Å². The number of amides is 1. The van der Waals surface area contributed by atoms with E-state index in [-0.39, 0.29) is 11.5 Å². The van der Waals surface area contributed by atoms with Crippen LogP contribution >= 0.6 is 0 Å². The predicted molar refractivity (Wildman–Crippen MR) is 129 cm³/mol. The summed E-state index contributed by atoms with van der Waals surface area (Å²) in [4.78, 5) is 29.7. The molecule has 2 aromatic carbocycles. The lowest BCUT2D eigenvalue weighted by atomic mass is 10.1. The number of methoxy groups -OCH3 is 1. The van der Waals surface area contributed by atoms with Crippen molar-refractivity contribution in [3.63, 3.8) is 0 Å². The molecule has 2 heterocycles. The third kappa shape index (κ3) is 6.00. The minimum atomic E-state index is -0.144. The minimum Gasteiger partial charge on any atom is -0.495 e. The fourth-order valence-electron chi connectivity index (χ4n) is 3.72.